The van der Waals surface area contributed by atoms with Crippen LogP contribution in [0.3, 0.4) is 0 Å². The molecule has 0 radical (unpaired) electrons. The van der Waals surface area contributed by atoms with E-state index in [0.29, 0.717) is 11.3 Å². The van der Waals surface area contributed by atoms with Crippen LogP contribution in [0.5, 0.6) is 0 Å². The van der Waals surface area contributed by atoms with Gasteiger partial charge in [-0.15, -0.1) is 0 Å². The van der Waals surface area contributed by atoms with E-state index in [2.05, 4.69) is 0 Å². The zero-order valence-electron chi connectivity index (χ0n) is 12.3. The minimum absolute atomic E-state index is 0.538. The summed E-state index contributed by atoms with van der Waals surface area (Å²) in [5.41, 5.74) is 2.07. The van der Waals surface area contributed by atoms with Crippen molar-refractivity contribution in [2.75, 3.05) is 0 Å². The predicted molar refractivity (Wildman–Crippen MR) is 88.3 cm³/mol. The Morgan fingerprint density at radius 1 is 1.14 bits per heavy atom. The molecule has 0 aliphatic carbocycles. The first-order chi connectivity index (χ1) is 10.1. The van der Waals surface area contributed by atoms with Crippen LogP contribution in [0.4, 0.5) is 0 Å². The maximum Gasteiger partial charge on any atom is 0.0874 e. The van der Waals surface area contributed by atoms with Crippen molar-refractivity contribution in [3.63, 3.8) is 0 Å². The van der Waals surface area contributed by atoms with E-state index in [0.717, 1.165) is 16.0 Å². The lowest BCUT2D eigenvalue weighted by atomic mass is 10.1. The normalized spacial score (nSPS) is 14.7. The van der Waals surface area contributed by atoms with Gasteiger partial charge in [0.25, 0.3) is 0 Å². The average Bonchev–Trinajstić information content (AvgIpc) is 2.53. The number of hydrogen-bond acceptors (Lipinski definition) is 2. The van der Waals surface area contributed by atoms with Gasteiger partial charge >= 0.3 is 0 Å². The van der Waals surface area contributed by atoms with E-state index in [1.54, 1.807) is 0 Å². The van der Waals surface area contributed by atoms with Gasteiger partial charge < -0.3 is 5.11 Å². The molecule has 21 heavy (non-hydrogen) atoms. The van der Waals surface area contributed by atoms with Gasteiger partial charge in [0.05, 0.1) is 21.8 Å². The molecule has 0 amide bonds. The van der Waals surface area contributed by atoms with Crippen LogP contribution in [0.15, 0.2) is 64.4 Å². The van der Waals surface area contributed by atoms with E-state index >= 15 is 0 Å². The SMILES string of the molecule is CC[C@@H](O)/C(=C/c1ccccc1)S(=O)c1ccc(C)cc1. The van der Waals surface area contributed by atoms with E-state index in [9.17, 15) is 9.32 Å². The topological polar surface area (TPSA) is 37.3 Å². The van der Waals surface area contributed by atoms with Gasteiger partial charge in [-0.1, -0.05) is 55.0 Å². The fraction of sp³-hybridized carbons (Fsp3) is 0.222. The summed E-state index contributed by atoms with van der Waals surface area (Å²) >= 11 is 0. The van der Waals surface area contributed by atoms with Crippen molar-refractivity contribution in [2.24, 2.45) is 0 Å². The van der Waals surface area contributed by atoms with Crippen LogP contribution in [0, 0.1) is 6.92 Å². The summed E-state index contributed by atoms with van der Waals surface area (Å²) in [7, 11) is -1.35. The van der Waals surface area contributed by atoms with Crippen molar-refractivity contribution in [1.29, 1.82) is 0 Å². The third-order valence-electron chi connectivity index (χ3n) is 3.27. The lowest BCUT2D eigenvalue weighted by molar-refractivity contribution is 0.215. The molecule has 1 unspecified atom stereocenters. The summed E-state index contributed by atoms with van der Waals surface area (Å²) in [4.78, 5) is 1.27. The van der Waals surface area contributed by atoms with E-state index in [-0.39, 0.29) is 0 Å². The molecule has 0 spiro atoms. The van der Waals surface area contributed by atoms with Crippen molar-refractivity contribution in [3.05, 3.63) is 70.6 Å². The zero-order chi connectivity index (χ0) is 15.2. The van der Waals surface area contributed by atoms with Crippen molar-refractivity contribution in [3.8, 4) is 0 Å². The highest BCUT2D eigenvalue weighted by atomic mass is 32.2. The Morgan fingerprint density at radius 3 is 2.33 bits per heavy atom. The van der Waals surface area contributed by atoms with E-state index in [1.165, 1.54) is 0 Å². The quantitative estimate of drug-likeness (QED) is 0.909. The molecule has 0 saturated heterocycles. The predicted octanol–water partition coefficient (Wildman–Crippen LogP) is 3.91. The molecule has 0 heterocycles. The van der Waals surface area contributed by atoms with Crippen LogP contribution in [-0.4, -0.2) is 15.4 Å². The Bertz CT molecular complexity index is 630. The van der Waals surface area contributed by atoms with E-state index in [4.69, 9.17) is 0 Å². The highest BCUT2D eigenvalue weighted by Gasteiger charge is 2.17. The minimum atomic E-state index is -1.35. The lowest BCUT2D eigenvalue weighted by Crippen LogP contribution is -2.13. The first-order valence-corrected chi connectivity index (χ1v) is 8.20. The molecular formula is C18H20O2S. The number of aliphatic hydroxyl groups is 1. The highest BCUT2D eigenvalue weighted by Crippen LogP contribution is 2.22. The average molecular weight is 300 g/mol. The molecule has 2 rings (SSSR count). The molecule has 2 nitrogen and oxygen atoms in total. The second kappa shape index (κ2) is 7.34. The first kappa shape index (κ1) is 15.7. The summed E-state index contributed by atoms with van der Waals surface area (Å²) in [5.74, 6) is 0. The molecule has 1 N–H and O–H groups in total. The molecule has 0 fully saturated rings. The Hall–Kier alpha value is -1.71. The first-order valence-electron chi connectivity index (χ1n) is 7.05. The van der Waals surface area contributed by atoms with Crippen molar-refractivity contribution >= 4 is 16.9 Å². The standard InChI is InChI=1S/C18H20O2S/c1-3-17(19)18(13-15-7-5-4-6-8-15)21(20)16-11-9-14(2)10-12-16/h4-13,17,19H,3H2,1-2H3/b18-13-/t17-,21?/m1/s1. The van der Waals surface area contributed by atoms with Crippen LogP contribution < -0.4 is 0 Å². The number of rotatable bonds is 5. The summed E-state index contributed by atoms with van der Waals surface area (Å²) in [6.07, 6.45) is 1.66. The van der Waals surface area contributed by atoms with Gasteiger partial charge in [0.2, 0.25) is 0 Å². The summed E-state index contributed by atoms with van der Waals surface area (Å²) < 4.78 is 12.7. The molecular weight excluding hydrogens is 280 g/mol. The smallest absolute Gasteiger partial charge is 0.0874 e. The van der Waals surface area contributed by atoms with Crippen LogP contribution in [0.2, 0.25) is 0 Å². The Balaban J connectivity index is 2.39. The fourth-order valence-electron chi connectivity index (χ4n) is 1.99. The second-order valence-electron chi connectivity index (χ2n) is 4.96. The summed E-state index contributed by atoms with van der Waals surface area (Å²) in [6, 6.07) is 17.2. The number of aliphatic hydroxyl groups excluding tert-OH is 1. The maximum absolute atomic E-state index is 12.7. The third-order valence-corrected chi connectivity index (χ3v) is 4.79. The fourth-order valence-corrected chi connectivity index (χ4v) is 3.30. The third kappa shape index (κ3) is 4.13. The van der Waals surface area contributed by atoms with Gasteiger partial charge in [0, 0.05) is 4.90 Å². The molecule has 2 aromatic carbocycles. The highest BCUT2D eigenvalue weighted by molar-refractivity contribution is 7.89. The number of benzene rings is 2. The van der Waals surface area contributed by atoms with Crippen LogP contribution >= 0.6 is 0 Å². The molecule has 2 aromatic rings. The Labute approximate surface area is 128 Å². The van der Waals surface area contributed by atoms with Crippen LogP contribution in [-0.2, 0) is 10.8 Å². The number of hydrogen-bond donors (Lipinski definition) is 1. The van der Waals surface area contributed by atoms with E-state index in [1.807, 2.05) is 74.5 Å². The summed E-state index contributed by atoms with van der Waals surface area (Å²) in [6.45, 7) is 3.88. The Morgan fingerprint density at radius 2 is 1.76 bits per heavy atom. The van der Waals surface area contributed by atoms with Gasteiger partial charge in [-0.2, -0.15) is 0 Å². The molecule has 0 saturated carbocycles. The molecule has 0 aliphatic heterocycles. The largest absolute Gasteiger partial charge is 0.388 e. The molecule has 0 aliphatic rings. The number of aryl methyl sites for hydroxylation is 1. The second-order valence-corrected chi connectivity index (χ2v) is 6.44. The monoisotopic (exact) mass is 300 g/mol. The van der Waals surface area contributed by atoms with Gasteiger partial charge in [0.1, 0.15) is 0 Å². The van der Waals surface area contributed by atoms with Crippen molar-refractivity contribution in [2.45, 2.75) is 31.3 Å². The molecule has 2 atom stereocenters. The Kier molecular flexibility index (Phi) is 5.48. The zero-order valence-corrected chi connectivity index (χ0v) is 13.1. The van der Waals surface area contributed by atoms with E-state index < -0.39 is 16.9 Å². The molecule has 3 heteroatoms. The lowest BCUT2D eigenvalue weighted by Gasteiger charge is -2.13. The van der Waals surface area contributed by atoms with Crippen LogP contribution in [0.25, 0.3) is 6.08 Å². The summed E-state index contributed by atoms with van der Waals surface area (Å²) in [5, 5.41) is 10.2. The molecule has 0 bridgehead atoms. The molecule has 0 aromatic heterocycles. The van der Waals surface area contributed by atoms with Gasteiger partial charge in [-0.25, -0.2) is 4.21 Å². The van der Waals surface area contributed by atoms with Gasteiger partial charge in [-0.3, -0.25) is 0 Å². The van der Waals surface area contributed by atoms with Crippen molar-refractivity contribution < 1.29 is 9.32 Å². The minimum Gasteiger partial charge on any atom is -0.388 e. The van der Waals surface area contributed by atoms with Crippen molar-refractivity contribution in [1.82, 2.24) is 0 Å². The van der Waals surface area contributed by atoms with Gasteiger partial charge in [-0.05, 0) is 37.1 Å². The molecule has 110 valence electrons. The van der Waals surface area contributed by atoms with Gasteiger partial charge in [0.15, 0.2) is 0 Å². The van der Waals surface area contributed by atoms with Crippen LogP contribution in [0.1, 0.15) is 24.5 Å². The maximum atomic E-state index is 12.7.